The Morgan fingerprint density at radius 1 is 0.957 bits per heavy atom. The van der Waals surface area contributed by atoms with Crippen LogP contribution in [0, 0.1) is 31.6 Å². The van der Waals surface area contributed by atoms with Gasteiger partial charge in [-0.15, -0.1) is 0 Å². The third kappa shape index (κ3) is 2.72. The Balaban J connectivity index is 1.79. The van der Waals surface area contributed by atoms with E-state index in [2.05, 4.69) is 60.6 Å². The van der Waals surface area contributed by atoms with Crippen LogP contribution < -0.4 is 4.74 Å². The number of aromatic nitrogens is 2. The van der Waals surface area contributed by atoms with Crippen molar-refractivity contribution in [1.29, 1.82) is 0 Å². The molecule has 2 aromatic carbocycles. The minimum absolute atomic E-state index is 0.814. The topological polar surface area (TPSA) is 27.1 Å². The Bertz CT molecular complexity index is 798. The largest absolute Gasteiger partial charge is 0.497 e. The molecule has 0 atom stereocenters. The molecular formula is C20H17N2O. The van der Waals surface area contributed by atoms with E-state index >= 15 is 0 Å². The summed E-state index contributed by atoms with van der Waals surface area (Å²) in [6.07, 6.45) is 8.43. The van der Waals surface area contributed by atoms with Gasteiger partial charge in [-0.2, -0.15) is 0 Å². The number of methoxy groups -OCH3 is 1. The molecule has 0 spiro atoms. The van der Waals surface area contributed by atoms with Gasteiger partial charge < -0.3 is 9.30 Å². The van der Waals surface area contributed by atoms with Gasteiger partial charge in [-0.3, -0.25) is 0 Å². The summed E-state index contributed by atoms with van der Waals surface area (Å²) in [6, 6.07) is 16.3. The van der Waals surface area contributed by atoms with Gasteiger partial charge in [0, 0.05) is 18.0 Å². The first-order valence-electron chi connectivity index (χ1n) is 7.65. The Morgan fingerprint density at radius 3 is 2.43 bits per heavy atom. The van der Waals surface area contributed by atoms with Crippen molar-refractivity contribution >= 4 is 11.0 Å². The highest BCUT2D eigenvalue weighted by molar-refractivity contribution is 5.80. The summed E-state index contributed by atoms with van der Waals surface area (Å²) in [7, 11) is 1.68. The second-order valence-electron chi connectivity index (χ2n) is 5.53. The van der Waals surface area contributed by atoms with Crippen molar-refractivity contribution in [2.75, 3.05) is 7.11 Å². The van der Waals surface area contributed by atoms with E-state index in [1.165, 1.54) is 5.92 Å². The molecule has 1 aliphatic carbocycles. The summed E-state index contributed by atoms with van der Waals surface area (Å²) >= 11 is 0. The van der Waals surface area contributed by atoms with Crippen LogP contribution in [-0.4, -0.2) is 16.7 Å². The standard InChI is InChI=1S/C20H17N2O/c1-23-17-12-10-16(11-13-17)20-21-18-8-4-5-9-19(18)22(20)14-15-6-2-3-7-15/h2-13H,14H2,1H3. The third-order valence-electron chi connectivity index (χ3n) is 4.08. The fourth-order valence-corrected chi connectivity index (χ4v) is 2.90. The van der Waals surface area contributed by atoms with Gasteiger partial charge in [0.15, 0.2) is 0 Å². The summed E-state index contributed by atoms with van der Waals surface area (Å²) in [6.45, 7) is 0.814. The molecule has 1 heterocycles. The van der Waals surface area contributed by atoms with E-state index in [0.717, 1.165) is 34.7 Å². The van der Waals surface area contributed by atoms with Gasteiger partial charge in [-0.1, -0.05) is 12.1 Å². The number of imidazole rings is 1. The Labute approximate surface area is 136 Å². The molecule has 0 saturated heterocycles. The van der Waals surface area contributed by atoms with Crippen LogP contribution in [0.25, 0.3) is 22.4 Å². The third-order valence-corrected chi connectivity index (χ3v) is 4.08. The van der Waals surface area contributed by atoms with E-state index < -0.39 is 0 Å². The quantitative estimate of drug-likeness (QED) is 0.725. The van der Waals surface area contributed by atoms with Crippen molar-refractivity contribution < 1.29 is 4.74 Å². The Morgan fingerprint density at radius 2 is 1.70 bits per heavy atom. The van der Waals surface area contributed by atoms with Gasteiger partial charge >= 0.3 is 0 Å². The molecule has 1 fully saturated rings. The first-order valence-corrected chi connectivity index (χ1v) is 7.65. The highest BCUT2D eigenvalue weighted by atomic mass is 16.5. The van der Waals surface area contributed by atoms with E-state index in [1.54, 1.807) is 7.11 Å². The fraction of sp³-hybridized carbons (Fsp3) is 0.100. The summed E-state index contributed by atoms with van der Waals surface area (Å²) < 4.78 is 7.52. The van der Waals surface area contributed by atoms with Gasteiger partial charge in [-0.25, -0.2) is 4.98 Å². The van der Waals surface area contributed by atoms with Crippen LogP contribution >= 0.6 is 0 Å². The highest BCUT2D eigenvalue weighted by Gasteiger charge is 2.21. The number of hydrogen-bond donors (Lipinski definition) is 0. The normalized spacial score (nSPS) is 15.3. The zero-order valence-corrected chi connectivity index (χ0v) is 12.9. The summed E-state index contributed by atoms with van der Waals surface area (Å²) in [5, 5.41) is 0. The van der Waals surface area contributed by atoms with Gasteiger partial charge in [0.2, 0.25) is 0 Å². The van der Waals surface area contributed by atoms with Crippen molar-refractivity contribution in [3.05, 3.63) is 80.1 Å². The summed E-state index contributed by atoms with van der Waals surface area (Å²) in [4.78, 5) is 4.84. The SMILES string of the molecule is COc1ccc(-c2nc3ccccc3n2C[C]2[CH][CH][CH][CH]2)cc1. The molecule has 4 rings (SSSR count). The molecule has 0 unspecified atom stereocenters. The van der Waals surface area contributed by atoms with Crippen LogP contribution in [0.5, 0.6) is 5.75 Å². The molecule has 0 amide bonds. The minimum atomic E-state index is 0.814. The second kappa shape index (κ2) is 6.07. The molecular weight excluding hydrogens is 284 g/mol. The Kier molecular flexibility index (Phi) is 3.78. The lowest BCUT2D eigenvalue weighted by Gasteiger charge is -2.13. The van der Waals surface area contributed by atoms with Crippen LogP contribution in [0.1, 0.15) is 0 Å². The monoisotopic (exact) mass is 301 g/mol. The van der Waals surface area contributed by atoms with E-state index in [1.807, 2.05) is 18.2 Å². The summed E-state index contributed by atoms with van der Waals surface area (Å²) in [5.74, 6) is 3.12. The van der Waals surface area contributed by atoms with E-state index in [0.29, 0.717) is 0 Å². The molecule has 0 aliphatic heterocycles. The molecule has 1 aromatic heterocycles. The van der Waals surface area contributed by atoms with Crippen LogP contribution in [-0.2, 0) is 6.54 Å². The smallest absolute Gasteiger partial charge is 0.141 e. The predicted molar refractivity (Wildman–Crippen MR) is 92.2 cm³/mol. The first kappa shape index (κ1) is 14.3. The summed E-state index contributed by atoms with van der Waals surface area (Å²) in [5.41, 5.74) is 3.26. The number of fused-ring (bicyclic) bond motifs is 1. The molecule has 0 N–H and O–H groups in total. The molecule has 3 nitrogen and oxygen atoms in total. The zero-order valence-electron chi connectivity index (χ0n) is 12.9. The molecule has 3 aromatic rings. The molecule has 5 radical (unpaired) electrons. The number of nitrogens with zero attached hydrogens (tertiary/aromatic N) is 2. The van der Waals surface area contributed by atoms with Crippen LogP contribution in [0.15, 0.2) is 48.5 Å². The zero-order chi connectivity index (χ0) is 15.6. The van der Waals surface area contributed by atoms with Crippen molar-refractivity contribution in [3.8, 4) is 17.1 Å². The van der Waals surface area contributed by atoms with Crippen LogP contribution in [0.4, 0.5) is 0 Å². The van der Waals surface area contributed by atoms with Crippen molar-refractivity contribution in [3.63, 3.8) is 0 Å². The van der Waals surface area contributed by atoms with Gasteiger partial charge in [0.25, 0.3) is 0 Å². The fourth-order valence-electron chi connectivity index (χ4n) is 2.90. The number of para-hydroxylation sites is 2. The number of rotatable bonds is 4. The van der Waals surface area contributed by atoms with E-state index in [4.69, 9.17) is 9.72 Å². The maximum absolute atomic E-state index is 5.25. The van der Waals surface area contributed by atoms with Crippen molar-refractivity contribution in [2.24, 2.45) is 0 Å². The minimum Gasteiger partial charge on any atom is -0.497 e. The number of benzene rings is 2. The lowest BCUT2D eigenvalue weighted by molar-refractivity contribution is 0.415. The van der Waals surface area contributed by atoms with Crippen LogP contribution in [0.3, 0.4) is 0 Å². The lowest BCUT2D eigenvalue weighted by Crippen LogP contribution is -2.08. The van der Waals surface area contributed by atoms with Gasteiger partial charge in [0.05, 0.1) is 18.1 Å². The van der Waals surface area contributed by atoms with Gasteiger partial charge in [-0.05, 0) is 62.1 Å². The predicted octanol–water partition coefficient (Wildman–Crippen LogP) is 4.12. The Hall–Kier alpha value is -2.29. The second-order valence-corrected chi connectivity index (χ2v) is 5.53. The number of hydrogen-bond acceptors (Lipinski definition) is 2. The molecule has 23 heavy (non-hydrogen) atoms. The van der Waals surface area contributed by atoms with E-state index in [9.17, 15) is 0 Å². The van der Waals surface area contributed by atoms with E-state index in [-0.39, 0.29) is 0 Å². The highest BCUT2D eigenvalue weighted by Crippen LogP contribution is 2.31. The molecule has 113 valence electrons. The number of ether oxygens (including phenoxy) is 1. The maximum Gasteiger partial charge on any atom is 0.141 e. The van der Waals surface area contributed by atoms with Crippen LogP contribution in [0.2, 0.25) is 0 Å². The first-order chi connectivity index (χ1) is 11.3. The van der Waals surface area contributed by atoms with Crippen molar-refractivity contribution in [1.82, 2.24) is 9.55 Å². The average molecular weight is 301 g/mol. The molecule has 0 bridgehead atoms. The molecule has 1 saturated carbocycles. The molecule has 3 heteroatoms. The maximum atomic E-state index is 5.25. The lowest BCUT2D eigenvalue weighted by atomic mass is 10.1. The van der Waals surface area contributed by atoms with Gasteiger partial charge in [0.1, 0.15) is 11.6 Å². The molecule has 1 aliphatic rings. The van der Waals surface area contributed by atoms with Crippen molar-refractivity contribution in [2.45, 2.75) is 6.54 Å². The average Bonchev–Trinajstić information content (AvgIpc) is 3.24.